The lowest BCUT2D eigenvalue weighted by Crippen LogP contribution is -2.11. The summed E-state index contributed by atoms with van der Waals surface area (Å²) in [5.41, 5.74) is 0.849. The van der Waals surface area contributed by atoms with Gasteiger partial charge in [-0.05, 0) is 18.2 Å². The maximum absolute atomic E-state index is 13.5. The van der Waals surface area contributed by atoms with Crippen LogP contribution in [-0.4, -0.2) is 26.5 Å². The summed E-state index contributed by atoms with van der Waals surface area (Å²) < 4.78 is 15.0. The first kappa shape index (κ1) is 14.1. The van der Waals surface area contributed by atoms with E-state index in [1.54, 1.807) is 10.9 Å². The first-order valence-corrected chi connectivity index (χ1v) is 6.12. The molecule has 0 aliphatic carbocycles. The third-order valence-electron chi connectivity index (χ3n) is 2.70. The number of benzene rings is 1. The van der Waals surface area contributed by atoms with Gasteiger partial charge in [0.25, 0.3) is 0 Å². The summed E-state index contributed by atoms with van der Waals surface area (Å²) >= 11 is 0. The number of rotatable bonds is 6. The number of hydrogen-bond donors (Lipinski definition) is 1. The second kappa shape index (κ2) is 6.20. The minimum absolute atomic E-state index is 0.314. The Morgan fingerprint density at radius 2 is 2.30 bits per heavy atom. The van der Waals surface area contributed by atoms with Gasteiger partial charge in [0, 0.05) is 12.6 Å². The Balaban J connectivity index is 2.08. The molecule has 0 bridgehead atoms. The molecule has 0 aliphatic rings. The monoisotopic (exact) mass is 279 g/mol. The molecule has 1 aromatic heterocycles. The van der Waals surface area contributed by atoms with Crippen molar-refractivity contribution in [2.24, 2.45) is 0 Å². The SMILES string of the molecule is CCNCc1cn(Cc2ccc([N+](=O)[O-])c(F)c2)nn1. The van der Waals surface area contributed by atoms with Crippen molar-refractivity contribution < 1.29 is 9.31 Å². The Morgan fingerprint density at radius 3 is 2.95 bits per heavy atom. The maximum atomic E-state index is 13.5. The molecule has 1 heterocycles. The van der Waals surface area contributed by atoms with Gasteiger partial charge in [0.1, 0.15) is 0 Å². The van der Waals surface area contributed by atoms with Crippen molar-refractivity contribution in [1.29, 1.82) is 0 Å². The van der Waals surface area contributed by atoms with E-state index in [2.05, 4.69) is 15.6 Å². The number of aromatic nitrogens is 3. The summed E-state index contributed by atoms with van der Waals surface area (Å²) in [4.78, 5) is 9.78. The third-order valence-corrected chi connectivity index (χ3v) is 2.70. The first-order chi connectivity index (χ1) is 9.60. The van der Waals surface area contributed by atoms with E-state index in [9.17, 15) is 14.5 Å². The van der Waals surface area contributed by atoms with Gasteiger partial charge in [0.15, 0.2) is 0 Å². The molecule has 0 amide bonds. The molecule has 0 saturated heterocycles. The second-order valence-corrected chi connectivity index (χ2v) is 4.23. The van der Waals surface area contributed by atoms with Gasteiger partial charge >= 0.3 is 5.69 Å². The van der Waals surface area contributed by atoms with Crippen molar-refractivity contribution in [2.45, 2.75) is 20.0 Å². The molecule has 20 heavy (non-hydrogen) atoms. The maximum Gasteiger partial charge on any atom is 0.304 e. The molecule has 8 heteroatoms. The summed E-state index contributed by atoms with van der Waals surface area (Å²) in [6.07, 6.45) is 1.75. The van der Waals surface area contributed by atoms with Gasteiger partial charge in [-0.3, -0.25) is 10.1 Å². The quantitative estimate of drug-likeness (QED) is 0.639. The summed E-state index contributed by atoms with van der Waals surface area (Å²) in [6, 6.07) is 3.80. The number of hydrogen-bond acceptors (Lipinski definition) is 5. The predicted molar refractivity (Wildman–Crippen MR) is 69.6 cm³/mol. The van der Waals surface area contributed by atoms with Crippen LogP contribution in [0.25, 0.3) is 0 Å². The van der Waals surface area contributed by atoms with E-state index >= 15 is 0 Å². The Hall–Kier alpha value is -2.35. The topological polar surface area (TPSA) is 85.9 Å². The highest BCUT2D eigenvalue weighted by molar-refractivity contribution is 5.35. The van der Waals surface area contributed by atoms with E-state index in [-0.39, 0.29) is 0 Å². The average Bonchev–Trinajstić information content (AvgIpc) is 2.83. The number of nitrogens with one attached hydrogen (secondary N) is 1. The smallest absolute Gasteiger partial charge is 0.304 e. The molecular weight excluding hydrogens is 265 g/mol. The molecule has 0 aliphatic heterocycles. The Morgan fingerprint density at radius 1 is 1.50 bits per heavy atom. The first-order valence-electron chi connectivity index (χ1n) is 6.12. The molecule has 2 rings (SSSR count). The molecular formula is C12H14FN5O2. The van der Waals surface area contributed by atoms with Crippen molar-refractivity contribution in [3.05, 3.63) is 51.6 Å². The van der Waals surface area contributed by atoms with E-state index < -0.39 is 16.4 Å². The lowest BCUT2D eigenvalue weighted by atomic mass is 10.2. The number of halogens is 1. The predicted octanol–water partition coefficient (Wildman–Crippen LogP) is 1.48. The number of nitro benzene ring substituents is 1. The fraction of sp³-hybridized carbons (Fsp3) is 0.333. The molecule has 0 spiro atoms. The summed E-state index contributed by atoms with van der Waals surface area (Å²) in [6.45, 7) is 3.75. The van der Waals surface area contributed by atoms with Crippen LogP contribution in [0.2, 0.25) is 0 Å². The molecule has 7 nitrogen and oxygen atoms in total. The van der Waals surface area contributed by atoms with Crippen LogP contribution < -0.4 is 5.32 Å². The minimum Gasteiger partial charge on any atom is -0.311 e. The number of nitrogens with zero attached hydrogens (tertiary/aromatic N) is 4. The fourth-order valence-corrected chi connectivity index (χ4v) is 1.73. The van der Waals surface area contributed by atoms with Crippen LogP contribution >= 0.6 is 0 Å². The summed E-state index contributed by atoms with van der Waals surface area (Å²) in [5, 5.41) is 21.5. The van der Waals surface area contributed by atoms with E-state index in [0.717, 1.165) is 24.4 Å². The van der Waals surface area contributed by atoms with Gasteiger partial charge in [-0.1, -0.05) is 18.2 Å². The largest absolute Gasteiger partial charge is 0.311 e. The van der Waals surface area contributed by atoms with Gasteiger partial charge in [0.05, 0.1) is 23.4 Å². The zero-order valence-electron chi connectivity index (χ0n) is 10.9. The minimum atomic E-state index is -0.847. The van der Waals surface area contributed by atoms with Crippen molar-refractivity contribution >= 4 is 5.69 Å². The van der Waals surface area contributed by atoms with Gasteiger partial charge in [-0.15, -0.1) is 5.10 Å². The lowest BCUT2D eigenvalue weighted by molar-refractivity contribution is -0.387. The van der Waals surface area contributed by atoms with Crippen molar-refractivity contribution in [2.75, 3.05) is 6.54 Å². The van der Waals surface area contributed by atoms with Gasteiger partial charge in [-0.25, -0.2) is 4.68 Å². The molecule has 1 N–H and O–H groups in total. The van der Waals surface area contributed by atoms with Crippen LogP contribution in [-0.2, 0) is 13.1 Å². The van der Waals surface area contributed by atoms with E-state index in [1.807, 2.05) is 6.92 Å². The van der Waals surface area contributed by atoms with E-state index in [0.29, 0.717) is 18.7 Å². The van der Waals surface area contributed by atoms with Gasteiger partial charge in [-0.2, -0.15) is 4.39 Å². The lowest BCUT2D eigenvalue weighted by Gasteiger charge is -2.01. The normalized spacial score (nSPS) is 10.7. The van der Waals surface area contributed by atoms with Crippen LogP contribution in [0.15, 0.2) is 24.4 Å². The zero-order valence-corrected chi connectivity index (χ0v) is 10.9. The molecule has 2 aromatic rings. The second-order valence-electron chi connectivity index (χ2n) is 4.23. The molecule has 0 saturated carbocycles. The van der Waals surface area contributed by atoms with Crippen molar-refractivity contribution in [3.63, 3.8) is 0 Å². The molecule has 0 radical (unpaired) electrons. The van der Waals surface area contributed by atoms with Gasteiger partial charge in [0.2, 0.25) is 5.82 Å². The Bertz CT molecular complexity index is 614. The van der Waals surface area contributed by atoms with Crippen molar-refractivity contribution in [3.8, 4) is 0 Å². The molecule has 106 valence electrons. The average molecular weight is 279 g/mol. The van der Waals surface area contributed by atoms with Crippen LogP contribution in [0.5, 0.6) is 0 Å². The van der Waals surface area contributed by atoms with Crippen molar-refractivity contribution in [1.82, 2.24) is 20.3 Å². The third kappa shape index (κ3) is 3.35. The van der Waals surface area contributed by atoms with E-state index in [4.69, 9.17) is 0 Å². The summed E-state index contributed by atoms with van der Waals surface area (Å²) in [7, 11) is 0. The molecule has 0 unspecified atom stereocenters. The van der Waals surface area contributed by atoms with Crippen LogP contribution in [0, 0.1) is 15.9 Å². The highest BCUT2D eigenvalue weighted by atomic mass is 19.1. The highest BCUT2D eigenvalue weighted by Crippen LogP contribution is 2.18. The van der Waals surface area contributed by atoms with Gasteiger partial charge < -0.3 is 5.32 Å². The van der Waals surface area contributed by atoms with E-state index in [1.165, 1.54) is 6.07 Å². The Labute approximate surface area is 114 Å². The van der Waals surface area contributed by atoms with Crippen LogP contribution in [0.3, 0.4) is 0 Å². The number of nitro groups is 1. The Kier molecular flexibility index (Phi) is 4.36. The zero-order chi connectivity index (χ0) is 14.5. The molecule has 0 fully saturated rings. The fourth-order valence-electron chi connectivity index (χ4n) is 1.73. The highest BCUT2D eigenvalue weighted by Gasteiger charge is 2.14. The van der Waals surface area contributed by atoms with Crippen LogP contribution in [0.1, 0.15) is 18.2 Å². The molecule has 0 atom stereocenters. The summed E-state index contributed by atoms with van der Waals surface area (Å²) in [5.74, 6) is -0.847. The van der Waals surface area contributed by atoms with Crippen LogP contribution in [0.4, 0.5) is 10.1 Å². The molecule has 1 aromatic carbocycles. The standard InChI is InChI=1S/C12H14FN5O2/c1-2-14-6-10-8-17(16-15-10)7-9-3-4-12(18(19)20)11(13)5-9/h3-5,8,14H,2,6-7H2,1H3.